The first-order valence-corrected chi connectivity index (χ1v) is 10.3. The number of halogens is 3. The zero-order chi connectivity index (χ0) is 25.1. The van der Waals surface area contributed by atoms with E-state index >= 15 is 0 Å². The molecule has 0 saturated carbocycles. The molecular weight excluding hydrogens is 453 g/mol. The van der Waals surface area contributed by atoms with Gasteiger partial charge in [-0.2, -0.15) is 9.97 Å². The van der Waals surface area contributed by atoms with Gasteiger partial charge in [-0.3, -0.25) is 0 Å². The monoisotopic (exact) mass is 474 g/mol. The molecule has 2 aromatic heterocycles. The normalized spacial score (nSPS) is 12.8. The number of hydrogen-bond acceptors (Lipinski definition) is 7. The number of nitrogens with zero attached hydrogens (tertiary/aromatic N) is 2. The fourth-order valence-electron chi connectivity index (χ4n) is 2.57. The highest BCUT2D eigenvalue weighted by Crippen LogP contribution is 2.36. The van der Waals surface area contributed by atoms with Crippen LogP contribution >= 0.6 is 0 Å². The molecule has 0 aliphatic carbocycles. The molecule has 172 valence electrons. The van der Waals surface area contributed by atoms with Crippen LogP contribution in [0.1, 0.15) is 13.9 Å². The molecule has 0 aliphatic rings. The molecule has 0 radical (unpaired) electrons. The summed E-state index contributed by atoms with van der Waals surface area (Å²) >= 11 is 0. The Bertz CT molecular complexity index is 1250. The maximum atomic E-state index is 13.6. The van der Waals surface area contributed by atoms with Crippen LogP contribution in [0.25, 0.3) is 0 Å². The number of methoxy groups -OCH3 is 2. The van der Waals surface area contributed by atoms with E-state index in [0.717, 1.165) is 38.7 Å². The third-order valence-electron chi connectivity index (χ3n) is 3.87. The first-order chi connectivity index (χ1) is 16.0. The quantitative estimate of drug-likeness (QED) is 0.464. The van der Waals surface area contributed by atoms with E-state index < -0.39 is 46.1 Å². The minimum absolute atomic E-state index is 0.108. The van der Waals surface area contributed by atoms with Crippen LogP contribution in [0.5, 0.6) is 17.5 Å². The van der Waals surface area contributed by atoms with Crippen molar-refractivity contribution in [1.29, 1.82) is 0 Å². The third kappa shape index (κ3) is 5.41. The number of aromatic nitrogens is 3. The van der Waals surface area contributed by atoms with Gasteiger partial charge in [-0.05, 0) is 23.3 Å². The van der Waals surface area contributed by atoms with Gasteiger partial charge in [-0.25, -0.2) is 26.3 Å². The number of anilines is 1. The van der Waals surface area contributed by atoms with Gasteiger partial charge in [0.2, 0.25) is 11.7 Å². The van der Waals surface area contributed by atoms with Crippen molar-refractivity contribution in [1.82, 2.24) is 15.0 Å². The molecule has 0 aliphatic heterocycles. The summed E-state index contributed by atoms with van der Waals surface area (Å²) in [4.78, 5) is 9.64. The molecule has 0 spiro atoms. The molecule has 0 fully saturated rings. The Morgan fingerprint density at radius 1 is 1.19 bits per heavy atom. The number of ether oxygens (including phenoxy) is 3. The summed E-state index contributed by atoms with van der Waals surface area (Å²) in [6, 6.07) is 4.69. The number of sulfonamides is 1. The predicted molar refractivity (Wildman–Crippen MR) is 107 cm³/mol. The summed E-state index contributed by atoms with van der Waals surface area (Å²) in [7, 11) is -2.21. The van der Waals surface area contributed by atoms with Crippen LogP contribution in [0.15, 0.2) is 41.6 Å². The van der Waals surface area contributed by atoms with Crippen molar-refractivity contribution < 1.29 is 38.5 Å². The lowest BCUT2D eigenvalue weighted by Crippen LogP contribution is -2.17. The Kier molecular flexibility index (Phi) is 6.23. The first-order valence-electron chi connectivity index (χ1n) is 9.86. The van der Waals surface area contributed by atoms with E-state index in [2.05, 4.69) is 19.7 Å². The molecule has 0 saturated heterocycles. The molecule has 1 aromatic carbocycles. The van der Waals surface area contributed by atoms with Crippen LogP contribution in [0.2, 0.25) is 0 Å². The average Bonchev–Trinajstić information content (AvgIpc) is 3.29. The van der Waals surface area contributed by atoms with Crippen molar-refractivity contribution in [2.45, 2.75) is 17.7 Å². The second-order valence-electron chi connectivity index (χ2n) is 6.07. The van der Waals surface area contributed by atoms with Crippen molar-refractivity contribution in [2.75, 3.05) is 25.5 Å². The second-order valence-corrected chi connectivity index (χ2v) is 7.72. The van der Waals surface area contributed by atoms with Crippen molar-refractivity contribution in [2.24, 2.45) is 0 Å². The van der Waals surface area contributed by atoms with Crippen LogP contribution in [-0.2, 0) is 16.4 Å². The lowest BCUT2D eigenvalue weighted by Gasteiger charge is -2.14. The van der Waals surface area contributed by atoms with Gasteiger partial charge in [0.25, 0.3) is 28.2 Å². The lowest BCUT2D eigenvalue weighted by atomic mass is 10.1. The fourth-order valence-corrected chi connectivity index (χ4v) is 3.63. The molecule has 0 unspecified atom stereocenters. The number of alkyl halides is 2. The molecule has 9 nitrogen and oxygen atoms in total. The fraction of sp³-hybridized carbons (Fsp3) is 0.263. The predicted octanol–water partition coefficient (Wildman–Crippen LogP) is 3.00. The van der Waals surface area contributed by atoms with Crippen molar-refractivity contribution in [3.63, 3.8) is 0 Å². The van der Waals surface area contributed by atoms with Gasteiger partial charge in [0.1, 0.15) is 17.3 Å². The van der Waals surface area contributed by atoms with Gasteiger partial charge in [0.05, 0.1) is 14.2 Å². The number of benzene rings is 1. The molecule has 2 N–H and O–H groups in total. The molecule has 3 rings (SSSR count). The summed E-state index contributed by atoms with van der Waals surface area (Å²) in [5.74, 6) is -2.38. The average molecular weight is 474 g/mol. The van der Waals surface area contributed by atoms with Gasteiger partial charge < -0.3 is 19.2 Å². The maximum absolute atomic E-state index is 13.6. The third-order valence-corrected chi connectivity index (χ3v) is 5.24. The van der Waals surface area contributed by atoms with Gasteiger partial charge in [0, 0.05) is 21.5 Å². The maximum Gasteiger partial charge on any atom is 0.272 e. The second kappa shape index (κ2) is 9.77. The Morgan fingerprint density at radius 2 is 1.88 bits per heavy atom. The van der Waals surface area contributed by atoms with Crippen molar-refractivity contribution >= 4 is 16.0 Å². The van der Waals surface area contributed by atoms with E-state index in [1.54, 1.807) is 0 Å². The topological polar surface area (TPSA) is 115 Å². The SMILES string of the molecule is [2H]C([2H])(c1cccc(F)c1)c1c[nH]cc1S(=O)(=O)Nc1nc(OC)c(OCC(F)F)c(OC)n1. The Morgan fingerprint density at radius 3 is 2.47 bits per heavy atom. The number of H-pyrrole nitrogens is 1. The number of hydrogen-bond donors (Lipinski definition) is 2. The van der Waals surface area contributed by atoms with Crippen LogP contribution in [0, 0.1) is 5.82 Å². The van der Waals surface area contributed by atoms with Crippen molar-refractivity contribution in [3.8, 4) is 17.5 Å². The molecule has 0 amide bonds. The first kappa shape index (κ1) is 20.4. The summed E-state index contributed by atoms with van der Waals surface area (Å²) in [6.45, 7) is -1.01. The van der Waals surface area contributed by atoms with E-state index in [1.165, 1.54) is 12.1 Å². The summed E-state index contributed by atoms with van der Waals surface area (Å²) in [6.07, 6.45) is -3.05. The molecule has 0 atom stereocenters. The van der Waals surface area contributed by atoms with Gasteiger partial charge >= 0.3 is 0 Å². The van der Waals surface area contributed by atoms with Crippen LogP contribution in [0.3, 0.4) is 0 Å². The molecular formula is C19H19F3N4O5S. The molecule has 32 heavy (non-hydrogen) atoms. The van der Waals surface area contributed by atoms with E-state index in [-0.39, 0.29) is 28.6 Å². The van der Waals surface area contributed by atoms with E-state index in [0.29, 0.717) is 0 Å². The highest BCUT2D eigenvalue weighted by atomic mass is 32.2. The van der Waals surface area contributed by atoms with E-state index in [9.17, 15) is 21.6 Å². The smallest absolute Gasteiger partial charge is 0.272 e. The van der Waals surface area contributed by atoms with Crippen LogP contribution in [-0.4, -0.2) is 50.6 Å². The minimum Gasteiger partial charge on any atom is -0.478 e. The van der Waals surface area contributed by atoms with E-state index in [4.69, 9.17) is 17.0 Å². The molecule has 3 aromatic rings. The number of nitrogens with one attached hydrogen (secondary N) is 2. The molecule has 2 heterocycles. The lowest BCUT2D eigenvalue weighted by molar-refractivity contribution is 0.0781. The van der Waals surface area contributed by atoms with Crippen LogP contribution < -0.4 is 18.9 Å². The Balaban J connectivity index is 1.99. The number of aromatic amines is 1. The minimum atomic E-state index is -4.50. The van der Waals surface area contributed by atoms with E-state index in [1.807, 2.05) is 0 Å². The summed E-state index contributed by atoms with van der Waals surface area (Å²) < 4.78 is 98.6. The largest absolute Gasteiger partial charge is 0.478 e. The number of rotatable bonds is 10. The zero-order valence-electron chi connectivity index (χ0n) is 18.7. The summed E-state index contributed by atoms with van der Waals surface area (Å²) in [5, 5.41) is 0. The van der Waals surface area contributed by atoms with Crippen LogP contribution in [0.4, 0.5) is 19.1 Å². The standard InChI is InChI=1S/C19H19F3N4O5S/c1-29-17-16(31-10-15(21)22)18(30-2)25-19(24-17)26-32(27,28)14-9-23-8-12(14)6-11-4-3-5-13(20)7-11/h3-5,7-9,15,23H,6,10H2,1-2H3,(H,24,25,26)/i6D2. The Hall–Kier alpha value is -3.48. The molecule has 0 bridgehead atoms. The van der Waals surface area contributed by atoms with Gasteiger partial charge in [-0.15, -0.1) is 0 Å². The van der Waals surface area contributed by atoms with Crippen molar-refractivity contribution in [3.05, 3.63) is 53.6 Å². The Labute approximate surface area is 184 Å². The summed E-state index contributed by atoms with van der Waals surface area (Å²) in [5.41, 5.74) is -0.412. The highest BCUT2D eigenvalue weighted by Gasteiger charge is 2.25. The van der Waals surface area contributed by atoms with Gasteiger partial charge in [0.15, 0.2) is 0 Å². The zero-order valence-corrected chi connectivity index (χ0v) is 17.5. The van der Waals surface area contributed by atoms with Gasteiger partial charge in [-0.1, -0.05) is 12.1 Å². The molecule has 13 heteroatoms. The highest BCUT2D eigenvalue weighted by molar-refractivity contribution is 7.92.